The summed E-state index contributed by atoms with van der Waals surface area (Å²) in [4.78, 5) is 15.5. The largest absolute Gasteiger partial charge is 0.456 e. The van der Waals surface area contributed by atoms with Gasteiger partial charge in [0, 0.05) is 57.9 Å². The average molecular weight is 525 g/mol. The van der Waals surface area contributed by atoms with Gasteiger partial charge in [-0.15, -0.1) is 0 Å². The maximum atomic E-state index is 13.2. The van der Waals surface area contributed by atoms with E-state index in [-0.39, 0.29) is 5.97 Å². The van der Waals surface area contributed by atoms with E-state index in [4.69, 9.17) is 21.1 Å². The maximum Gasteiger partial charge on any atom is 0.340 e. The van der Waals surface area contributed by atoms with Gasteiger partial charge in [0.2, 0.25) is 0 Å². The van der Waals surface area contributed by atoms with E-state index in [2.05, 4.69) is 36.2 Å². The van der Waals surface area contributed by atoms with Crippen molar-refractivity contribution in [1.29, 1.82) is 0 Å². The molecule has 0 saturated heterocycles. The number of nitrogens with zero attached hydrogens (tertiary/aromatic N) is 1. The molecule has 5 nitrogen and oxygen atoms in total. The van der Waals surface area contributed by atoms with Crippen LogP contribution in [-0.4, -0.2) is 19.1 Å². The first-order chi connectivity index (χ1) is 18.3. The minimum absolute atomic E-state index is 0.340. The molecule has 2 aliphatic heterocycles. The molecule has 0 saturated carbocycles. The highest BCUT2D eigenvalue weighted by Crippen LogP contribution is 2.57. The van der Waals surface area contributed by atoms with Crippen molar-refractivity contribution in [3.8, 4) is 11.5 Å². The van der Waals surface area contributed by atoms with Gasteiger partial charge in [-0.25, -0.2) is 4.79 Å². The van der Waals surface area contributed by atoms with Crippen LogP contribution in [0.1, 0.15) is 52.0 Å². The number of aryl methyl sites for hydroxylation is 2. The Hall–Kier alpha value is -3.96. The van der Waals surface area contributed by atoms with Crippen LogP contribution < -0.4 is 15.0 Å². The van der Waals surface area contributed by atoms with Gasteiger partial charge in [0.05, 0.1) is 5.56 Å². The second-order valence-corrected chi connectivity index (χ2v) is 10.2. The summed E-state index contributed by atoms with van der Waals surface area (Å²) in [5.41, 5.74) is 6.71. The molecule has 0 amide bonds. The lowest BCUT2D eigenvalue weighted by molar-refractivity contribution is 0.0224. The lowest BCUT2D eigenvalue weighted by atomic mass is 9.77. The van der Waals surface area contributed by atoms with Crippen LogP contribution in [-0.2, 0) is 10.3 Å². The highest BCUT2D eigenvalue weighted by atomic mass is 35.5. The van der Waals surface area contributed by atoms with Gasteiger partial charge in [-0.05, 0) is 81.3 Å². The predicted molar refractivity (Wildman–Crippen MR) is 152 cm³/mol. The smallest absolute Gasteiger partial charge is 0.340 e. The number of carbonyl (C=O) groups is 1. The first kappa shape index (κ1) is 24.4. The fourth-order valence-corrected chi connectivity index (χ4v) is 5.73. The first-order valence-corrected chi connectivity index (χ1v) is 13.3. The van der Waals surface area contributed by atoms with E-state index >= 15 is 0 Å². The van der Waals surface area contributed by atoms with Crippen molar-refractivity contribution in [3.05, 3.63) is 111 Å². The Balaban J connectivity index is 1.56. The molecule has 0 aliphatic carbocycles. The molecule has 0 radical (unpaired) electrons. The summed E-state index contributed by atoms with van der Waals surface area (Å²) in [5, 5.41) is 4.20. The second-order valence-electron chi connectivity index (χ2n) is 9.82. The summed E-state index contributed by atoms with van der Waals surface area (Å²) in [6.45, 7) is 10.0. The summed E-state index contributed by atoms with van der Waals surface area (Å²) in [6, 6.07) is 23.7. The van der Waals surface area contributed by atoms with Crippen LogP contribution in [0.3, 0.4) is 0 Å². The third-order valence-electron chi connectivity index (χ3n) is 7.62. The fourth-order valence-electron chi connectivity index (χ4n) is 5.55. The average Bonchev–Trinajstić information content (AvgIpc) is 3.21. The van der Waals surface area contributed by atoms with Crippen molar-refractivity contribution in [2.24, 2.45) is 0 Å². The summed E-state index contributed by atoms with van der Waals surface area (Å²) in [7, 11) is 0. The number of rotatable bonds is 5. The topological polar surface area (TPSA) is 50.8 Å². The van der Waals surface area contributed by atoms with E-state index in [9.17, 15) is 4.79 Å². The van der Waals surface area contributed by atoms with Gasteiger partial charge in [-0.2, -0.15) is 0 Å². The lowest BCUT2D eigenvalue weighted by Crippen LogP contribution is -2.33. The van der Waals surface area contributed by atoms with E-state index in [1.165, 1.54) is 0 Å². The number of esters is 1. The van der Waals surface area contributed by atoms with Gasteiger partial charge in [0.25, 0.3) is 0 Å². The number of ether oxygens (including phenoxy) is 2. The maximum absolute atomic E-state index is 13.2. The van der Waals surface area contributed by atoms with Crippen molar-refractivity contribution in [3.63, 3.8) is 0 Å². The molecule has 1 N–H and O–H groups in total. The van der Waals surface area contributed by atoms with Gasteiger partial charge < -0.3 is 19.7 Å². The molecular weight excluding hydrogens is 496 g/mol. The summed E-state index contributed by atoms with van der Waals surface area (Å²) in [5.74, 6) is 1.02. The molecule has 1 unspecified atom stereocenters. The SMILES string of the molecule is CCN(CC)c1ccc2c(c1)Oc1cc(C)c(Nc3ccc(C)c(Cl)c3)cc1C21OC(=O)c2ccccc21. The number of hydrogen-bond acceptors (Lipinski definition) is 5. The third kappa shape index (κ3) is 3.64. The van der Waals surface area contributed by atoms with Crippen molar-refractivity contribution in [2.75, 3.05) is 23.3 Å². The monoisotopic (exact) mass is 524 g/mol. The second kappa shape index (κ2) is 9.10. The molecule has 6 heteroatoms. The molecule has 1 atom stereocenters. The lowest BCUT2D eigenvalue weighted by Gasteiger charge is -2.37. The number of carbonyl (C=O) groups excluding carboxylic acids is 1. The zero-order chi connectivity index (χ0) is 26.6. The fraction of sp³-hybridized carbons (Fsp3) is 0.219. The van der Waals surface area contributed by atoms with Crippen LogP contribution in [0.25, 0.3) is 0 Å². The highest BCUT2D eigenvalue weighted by Gasteiger charge is 2.53. The van der Waals surface area contributed by atoms with Gasteiger partial charge in [-0.3, -0.25) is 0 Å². The molecule has 38 heavy (non-hydrogen) atoms. The Bertz CT molecular complexity index is 1590. The molecular formula is C32H29ClN2O3. The molecule has 0 bridgehead atoms. The van der Waals surface area contributed by atoms with E-state index in [1.807, 2.05) is 74.5 Å². The molecule has 6 rings (SSSR count). The Morgan fingerprint density at radius 2 is 1.61 bits per heavy atom. The van der Waals surface area contributed by atoms with Gasteiger partial charge >= 0.3 is 5.97 Å². The molecule has 2 heterocycles. The van der Waals surface area contributed by atoms with Gasteiger partial charge in [-0.1, -0.05) is 35.9 Å². The van der Waals surface area contributed by atoms with E-state index < -0.39 is 5.60 Å². The number of halogens is 1. The number of nitrogens with one attached hydrogen (secondary N) is 1. The van der Waals surface area contributed by atoms with E-state index in [1.54, 1.807) is 0 Å². The first-order valence-electron chi connectivity index (χ1n) is 12.9. The van der Waals surface area contributed by atoms with Crippen molar-refractivity contribution < 1.29 is 14.3 Å². The summed E-state index contributed by atoms with van der Waals surface area (Å²) < 4.78 is 12.9. The highest BCUT2D eigenvalue weighted by molar-refractivity contribution is 6.31. The number of anilines is 3. The minimum atomic E-state index is -1.12. The minimum Gasteiger partial charge on any atom is -0.456 e. The normalized spacial score (nSPS) is 16.8. The predicted octanol–water partition coefficient (Wildman–Crippen LogP) is 8.11. The molecule has 0 fully saturated rings. The number of fused-ring (bicyclic) bond motifs is 6. The van der Waals surface area contributed by atoms with E-state index in [0.29, 0.717) is 22.1 Å². The molecule has 4 aromatic rings. The Morgan fingerprint density at radius 1 is 0.842 bits per heavy atom. The number of hydrogen-bond donors (Lipinski definition) is 1. The third-order valence-corrected chi connectivity index (χ3v) is 8.03. The molecule has 4 aromatic carbocycles. The zero-order valence-electron chi connectivity index (χ0n) is 21.9. The Kier molecular flexibility index (Phi) is 5.84. The number of benzene rings is 4. The van der Waals surface area contributed by atoms with Crippen LogP contribution in [0.15, 0.2) is 72.8 Å². The molecule has 2 aliphatic rings. The Labute approximate surface area is 228 Å². The summed E-state index contributed by atoms with van der Waals surface area (Å²) >= 11 is 6.40. The standard InChI is InChI=1S/C32H29ClN2O3/c1-5-35(6-2)22-13-14-25-30(17-22)37-29-15-20(4)28(34-21-12-11-19(3)27(33)16-21)18-26(29)32(25)24-10-8-7-9-23(24)31(36)38-32/h7-18,34H,5-6H2,1-4H3. The Morgan fingerprint density at radius 3 is 2.37 bits per heavy atom. The van der Waals surface area contributed by atoms with Gasteiger partial charge in [0.15, 0.2) is 5.60 Å². The van der Waals surface area contributed by atoms with Crippen LogP contribution in [0.2, 0.25) is 5.02 Å². The van der Waals surface area contributed by atoms with E-state index in [0.717, 1.165) is 58.0 Å². The van der Waals surface area contributed by atoms with Crippen molar-refractivity contribution >= 4 is 34.6 Å². The molecule has 1 spiro atoms. The van der Waals surface area contributed by atoms with Crippen LogP contribution in [0.5, 0.6) is 11.5 Å². The molecule has 0 aromatic heterocycles. The van der Waals surface area contributed by atoms with Crippen LogP contribution in [0.4, 0.5) is 17.1 Å². The van der Waals surface area contributed by atoms with Gasteiger partial charge in [0.1, 0.15) is 11.5 Å². The van der Waals surface area contributed by atoms with Crippen molar-refractivity contribution in [1.82, 2.24) is 0 Å². The zero-order valence-corrected chi connectivity index (χ0v) is 22.6. The quantitative estimate of drug-likeness (QED) is 0.267. The molecule has 192 valence electrons. The van der Waals surface area contributed by atoms with Crippen LogP contribution >= 0.6 is 11.6 Å². The van der Waals surface area contributed by atoms with Crippen LogP contribution in [0, 0.1) is 13.8 Å². The summed E-state index contributed by atoms with van der Waals surface area (Å²) in [6.07, 6.45) is 0. The van der Waals surface area contributed by atoms with Crippen molar-refractivity contribution in [2.45, 2.75) is 33.3 Å².